The molecule has 1 atom stereocenters. The molecule has 0 unspecified atom stereocenters. The minimum atomic E-state index is -3.83. The highest BCUT2D eigenvalue weighted by molar-refractivity contribution is 7.86. The molecule has 0 aromatic heterocycles. The maximum atomic E-state index is 12.0. The van der Waals surface area contributed by atoms with Crippen molar-refractivity contribution in [2.24, 2.45) is 0 Å². The first-order chi connectivity index (χ1) is 8.53. The second kappa shape index (κ2) is 5.06. The van der Waals surface area contributed by atoms with Gasteiger partial charge >= 0.3 is 10.1 Å². The third-order valence-corrected chi connectivity index (χ3v) is 4.09. The first-order valence-corrected chi connectivity index (χ1v) is 7.11. The van der Waals surface area contributed by atoms with Crippen LogP contribution >= 0.6 is 0 Å². The third kappa shape index (κ3) is 2.70. The summed E-state index contributed by atoms with van der Waals surface area (Å²) in [6.07, 6.45) is 1.40. The fraction of sp³-hybridized carbons (Fsp3) is 0.417. The van der Waals surface area contributed by atoms with Gasteiger partial charge in [-0.2, -0.15) is 23.0 Å². The molecule has 0 amide bonds. The minimum Gasteiger partial charge on any atom is -0.196 e. The van der Waals surface area contributed by atoms with Crippen LogP contribution in [0.1, 0.15) is 18.4 Å². The highest BCUT2D eigenvalue weighted by atomic mass is 32.2. The molecule has 1 aromatic carbocycles. The Bertz CT molecular complexity index is 560. The smallest absolute Gasteiger partial charge is 0.196 e. The Morgan fingerprint density at radius 1 is 1.39 bits per heavy atom. The summed E-state index contributed by atoms with van der Waals surface area (Å²) in [7, 11) is -3.83. The molecule has 5 nitrogen and oxygen atoms in total. The van der Waals surface area contributed by atoms with E-state index in [0.717, 1.165) is 12.0 Å². The summed E-state index contributed by atoms with van der Waals surface area (Å²) >= 11 is 0. The van der Waals surface area contributed by atoms with Crippen LogP contribution in [0.5, 0.6) is 0 Å². The standard InChI is InChI=1S/C12H14N2O3S/c1-10-4-6-12(7-5-10)18(15,16)17-14-8-2-3-11(14)9-13/h4-7,11H,2-3,8H2,1H3/t11-/m0/s1. The molecule has 0 spiro atoms. The Kier molecular flexibility index (Phi) is 3.66. The zero-order valence-corrected chi connectivity index (χ0v) is 10.9. The van der Waals surface area contributed by atoms with Crippen LogP contribution in [-0.4, -0.2) is 26.1 Å². The number of aryl methyl sites for hydroxylation is 1. The van der Waals surface area contributed by atoms with Crippen LogP contribution in [0.4, 0.5) is 0 Å². The van der Waals surface area contributed by atoms with Crippen LogP contribution in [-0.2, 0) is 14.4 Å². The topological polar surface area (TPSA) is 70.4 Å². The van der Waals surface area contributed by atoms with Crippen LogP contribution in [0.2, 0.25) is 0 Å². The van der Waals surface area contributed by atoms with E-state index in [9.17, 15) is 8.42 Å². The largest absolute Gasteiger partial charge is 0.313 e. The molecule has 96 valence electrons. The summed E-state index contributed by atoms with van der Waals surface area (Å²) in [6, 6.07) is 7.98. The fourth-order valence-electron chi connectivity index (χ4n) is 1.83. The maximum absolute atomic E-state index is 12.0. The molecule has 1 aliphatic heterocycles. The predicted molar refractivity (Wildman–Crippen MR) is 64.8 cm³/mol. The summed E-state index contributed by atoms with van der Waals surface area (Å²) in [5.41, 5.74) is 0.977. The van der Waals surface area contributed by atoms with Crippen molar-refractivity contribution in [3.63, 3.8) is 0 Å². The second-order valence-electron chi connectivity index (χ2n) is 4.27. The zero-order chi connectivity index (χ0) is 13.2. The van der Waals surface area contributed by atoms with E-state index in [1.165, 1.54) is 17.2 Å². The highest BCUT2D eigenvalue weighted by Gasteiger charge is 2.30. The first-order valence-electron chi connectivity index (χ1n) is 5.70. The van der Waals surface area contributed by atoms with Gasteiger partial charge in [0.1, 0.15) is 6.04 Å². The lowest BCUT2D eigenvalue weighted by Crippen LogP contribution is -2.31. The van der Waals surface area contributed by atoms with Crippen molar-refractivity contribution < 1.29 is 12.7 Å². The number of hydroxylamine groups is 2. The number of nitrogens with zero attached hydrogens (tertiary/aromatic N) is 2. The molecule has 0 N–H and O–H groups in total. The lowest BCUT2D eigenvalue weighted by molar-refractivity contribution is -0.0474. The summed E-state index contributed by atoms with van der Waals surface area (Å²) in [4.78, 5) is 0.108. The van der Waals surface area contributed by atoms with Crippen molar-refractivity contribution in [1.29, 1.82) is 5.26 Å². The molecule has 1 fully saturated rings. The highest BCUT2D eigenvalue weighted by Crippen LogP contribution is 2.22. The number of rotatable bonds is 3. The average Bonchev–Trinajstić information content (AvgIpc) is 2.76. The van der Waals surface area contributed by atoms with Crippen molar-refractivity contribution in [3.8, 4) is 6.07 Å². The van der Waals surface area contributed by atoms with E-state index in [1.807, 2.05) is 13.0 Å². The molecule has 1 aliphatic rings. The van der Waals surface area contributed by atoms with Crippen molar-refractivity contribution in [2.75, 3.05) is 6.54 Å². The van der Waals surface area contributed by atoms with E-state index in [4.69, 9.17) is 9.55 Å². The molecule has 0 bridgehead atoms. The second-order valence-corrected chi connectivity index (χ2v) is 5.80. The van der Waals surface area contributed by atoms with E-state index in [1.54, 1.807) is 12.1 Å². The Morgan fingerprint density at radius 3 is 2.67 bits per heavy atom. The summed E-state index contributed by atoms with van der Waals surface area (Å²) < 4.78 is 29.0. The molecule has 1 aromatic rings. The number of hydrogen-bond acceptors (Lipinski definition) is 5. The Balaban J connectivity index is 2.17. The number of nitriles is 1. The lowest BCUT2D eigenvalue weighted by atomic mass is 10.2. The SMILES string of the molecule is Cc1ccc(S(=O)(=O)ON2CCC[C@H]2C#N)cc1. The lowest BCUT2D eigenvalue weighted by Gasteiger charge is -2.17. The van der Waals surface area contributed by atoms with Gasteiger partial charge in [0.05, 0.1) is 11.0 Å². The Labute approximate surface area is 107 Å². The van der Waals surface area contributed by atoms with Crippen LogP contribution in [0.25, 0.3) is 0 Å². The number of hydrogen-bond donors (Lipinski definition) is 0. The van der Waals surface area contributed by atoms with Crippen LogP contribution in [0, 0.1) is 18.3 Å². The van der Waals surface area contributed by atoms with E-state index >= 15 is 0 Å². The van der Waals surface area contributed by atoms with E-state index < -0.39 is 16.2 Å². The molecule has 1 saturated heterocycles. The summed E-state index contributed by atoms with van der Waals surface area (Å²) in [6.45, 7) is 2.34. The molecule has 6 heteroatoms. The van der Waals surface area contributed by atoms with E-state index in [0.29, 0.717) is 13.0 Å². The molecular formula is C12H14N2O3S. The van der Waals surface area contributed by atoms with Gasteiger partial charge in [0.15, 0.2) is 0 Å². The quantitative estimate of drug-likeness (QED) is 0.831. The summed E-state index contributed by atoms with van der Waals surface area (Å²) in [5, 5.41) is 10.1. The Hall–Kier alpha value is -1.42. The van der Waals surface area contributed by atoms with Crippen molar-refractivity contribution in [2.45, 2.75) is 30.7 Å². The van der Waals surface area contributed by atoms with Crippen molar-refractivity contribution in [3.05, 3.63) is 29.8 Å². The molecule has 0 saturated carbocycles. The maximum Gasteiger partial charge on any atom is 0.313 e. The van der Waals surface area contributed by atoms with Crippen molar-refractivity contribution >= 4 is 10.1 Å². The molecule has 0 aliphatic carbocycles. The van der Waals surface area contributed by atoms with Crippen molar-refractivity contribution in [1.82, 2.24) is 5.06 Å². The van der Waals surface area contributed by atoms with Crippen LogP contribution in [0.3, 0.4) is 0 Å². The fourth-order valence-corrected chi connectivity index (χ4v) is 2.82. The van der Waals surface area contributed by atoms with Gasteiger partial charge in [-0.05, 0) is 31.9 Å². The van der Waals surface area contributed by atoms with E-state index in [-0.39, 0.29) is 4.90 Å². The van der Waals surface area contributed by atoms with Gasteiger partial charge in [0, 0.05) is 6.54 Å². The van der Waals surface area contributed by atoms with Gasteiger partial charge < -0.3 is 0 Å². The van der Waals surface area contributed by atoms with Gasteiger partial charge in [-0.15, -0.1) is 0 Å². The van der Waals surface area contributed by atoms with Gasteiger partial charge in [-0.1, -0.05) is 17.7 Å². The van der Waals surface area contributed by atoms with Crippen LogP contribution < -0.4 is 0 Å². The van der Waals surface area contributed by atoms with Gasteiger partial charge in [-0.25, -0.2) is 0 Å². The normalized spacial score (nSPS) is 20.8. The monoisotopic (exact) mass is 266 g/mol. The molecule has 0 radical (unpaired) electrons. The third-order valence-electron chi connectivity index (χ3n) is 2.86. The molecular weight excluding hydrogens is 252 g/mol. The summed E-state index contributed by atoms with van der Waals surface area (Å²) in [5.74, 6) is 0. The molecule has 2 rings (SSSR count). The average molecular weight is 266 g/mol. The van der Waals surface area contributed by atoms with Gasteiger partial charge in [0.25, 0.3) is 0 Å². The van der Waals surface area contributed by atoms with Gasteiger partial charge in [-0.3, -0.25) is 0 Å². The van der Waals surface area contributed by atoms with E-state index in [2.05, 4.69) is 0 Å². The zero-order valence-electron chi connectivity index (χ0n) is 10.0. The first kappa shape index (κ1) is 13.0. The van der Waals surface area contributed by atoms with Gasteiger partial charge in [0.2, 0.25) is 0 Å². The predicted octanol–water partition coefficient (Wildman–Crippen LogP) is 1.60. The minimum absolute atomic E-state index is 0.108. The Morgan fingerprint density at radius 2 is 2.06 bits per heavy atom. The number of benzene rings is 1. The molecule has 18 heavy (non-hydrogen) atoms. The molecule has 1 heterocycles. The van der Waals surface area contributed by atoms with Crippen LogP contribution in [0.15, 0.2) is 29.2 Å².